The van der Waals surface area contributed by atoms with Gasteiger partial charge in [0.1, 0.15) is 10.6 Å². The van der Waals surface area contributed by atoms with Crippen molar-refractivity contribution in [3.05, 3.63) is 52.4 Å². The molecule has 2 aromatic carbocycles. The summed E-state index contributed by atoms with van der Waals surface area (Å²) in [5.41, 5.74) is 0.567. The third-order valence-corrected chi connectivity index (χ3v) is 4.85. The molecule has 3 aromatic rings. The van der Waals surface area contributed by atoms with Gasteiger partial charge in [-0.15, -0.1) is 11.3 Å². The zero-order valence-electron chi connectivity index (χ0n) is 12.2. The van der Waals surface area contributed by atoms with Gasteiger partial charge >= 0.3 is 11.9 Å². The largest absolute Gasteiger partial charge is 0.480 e. The Balaban J connectivity index is 2.20. The summed E-state index contributed by atoms with van der Waals surface area (Å²) < 4.78 is 5.39. The van der Waals surface area contributed by atoms with E-state index in [2.05, 4.69) is 0 Å². The van der Waals surface area contributed by atoms with E-state index in [0.717, 1.165) is 22.1 Å². The minimum atomic E-state index is -1.12. The molecule has 0 saturated heterocycles. The molecular formula is C17H11ClO5S. The van der Waals surface area contributed by atoms with Crippen molar-refractivity contribution in [2.24, 2.45) is 0 Å². The number of ether oxygens (including phenoxy) is 1. The SMILES string of the molecule is O=C(O)COc1c(-c2ccc(C(=O)O)s2)cc2ccccc2c1Cl. The number of aliphatic carboxylic acids is 1. The predicted octanol–water partition coefficient (Wildman–Crippen LogP) is 4.38. The van der Waals surface area contributed by atoms with Gasteiger partial charge in [-0.1, -0.05) is 35.9 Å². The quantitative estimate of drug-likeness (QED) is 0.703. The Morgan fingerprint density at radius 1 is 1.12 bits per heavy atom. The molecule has 3 rings (SSSR count). The average molecular weight is 363 g/mol. The lowest BCUT2D eigenvalue weighted by molar-refractivity contribution is -0.139. The van der Waals surface area contributed by atoms with Crippen LogP contribution in [0.2, 0.25) is 5.02 Å². The smallest absolute Gasteiger partial charge is 0.345 e. The second-order valence-electron chi connectivity index (χ2n) is 4.94. The molecule has 0 aliphatic heterocycles. The standard InChI is InChI=1S/C17H11ClO5S/c18-15-10-4-2-1-3-9(10)7-11(16(15)23-8-14(19)20)12-5-6-13(24-12)17(21)22/h1-7H,8H2,(H,19,20)(H,21,22). The minimum Gasteiger partial charge on any atom is -0.480 e. The first-order chi connectivity index (χ1) is 11.5. The summed E-state index contributed by atoms with van der Waals surface area (Å²) in [6.45, 7) is -0.539. The summed E-state index contributed by atoms with van der Waals surface area (Å²) in [5.74, 6) is -1.91. The predicted molar refractivity (Wildman–Crippen MR) is 92.4 cm³/mol. The number of carbonyl (C=O) groups is 2. The van der Waals surface area contributed by atoms with Crippen LogP contribution in [0.5, 0.6) is 5.75 Å². The number of benzene rings is 2. The number of hydrogen-bond donors (Lipinski definition) is 2. The Morgan fingerprint density at radius 3 is 2.54 bits per heavy atom. The van der Waals surface area contributed by atoms with Crippen LogP contribution in [0.25, 0.3) is 21.2 Å². The molecule has 2 N–H and O–H groups in total. The number of thiophene rings is 1. The highest BCUT2D eigenvalue weighted by molar-refractivity contribution is 7.17. The number of halogens is 1. The Kier molecular flexibility index (Phi) is 4.42. The Bertz CT molecular complexity index is 947. The molecule has 0 atom stereocenters. The number of rotatable bonds is 5. The zero-order chi connectivity index (χ0) is 17.3. The molecule has 0 aliphatic rings. The van der Waals surface area contributed by atoms with Crippen LogP contribution in [0.4, 0.5) is 0 Å². The molecule has 122 valence electrons. The molecule has 24 heavy (non-hydrogen) atoms. The first-order valence-electron chi connectivity index (χ1n) is 6.86. The van der Waals surface area contributed by atoms with Gasteiger partial charge in [-0.3, -0.25) is 0 Å². The lowest BCUT2D eigenvalue weighted by Gasteiger charge is -2.13. The summed E-state index contributed by atoms with van der Waals surface area (Å²) >= 11 is 7.49. The highest BCUT2D eigenvalue weighted by Gasteiger charge is 2.18. The van der Waals surface area contributed by atoms with Gasteiger partial charge in [0.2, 0.25) is 0 Å². The van der Waals surface area contributed by atoms with Gasteiger partial charge in [0.25, 0.3) is 0 Å². The van der Waals surface area contributed by atoms with Crippen LogP contribution < -0.4 is 4.74 Å². The molecule has 0 aliphatic carbocycles. The Morgan fingerprint density at radius 2 is 1.88 bits per heavy atom. The van der Waals surface area contributed by atoms with E-state index >= 15 is 0 Å². The number of hydrogen-bond acceptors (Lipinski definition) is 4. The van der Waals surface area contributed by atoms with Crippen molar-refractivity contribution in [1.29, 1.82) is 0 Å². The van der Waals surface area contributed by atoms with Gasteiger partial charge < -0.3 is 14.9 Å². The molecule has 0 spiro atoms. The van der Waals surface area contributed by atoms with E-state index in [9.17, 15) is 9.59 Å². The molecule has 7 heteroatoms. The lowest BCUT2D eigenvalue weighted by Crippen LogP contribution is -2.10. The van der Waals surface area contributed by atoms with Crippen molar-refractivity contribution in [3.8, 4) is 16.2 Å². The maximum atomic E-state index is 11.1. The molecule has 0 saturated carbocycles. The monoisotopic (exact) mass is 362 g/mol. The van der Waals surface area contributed by atoms with Gasteiger partial charge in [0.15, 0.2) is 6.61 Å². The molecule has 1 heterocycles. The van der Waals surface area contributed by atoms with Gasteiger partial charge in [-0.2, -0.15) is 0 Å². The van der Waals surface area contributed by atoms with Crippen LogP contribution in [0.1, 0.15) is 9.67 Å². The molecule has 0 amide bonds. The average Bonchev–Trinajstić information content (AvgIpc) is 3.04. The van der Waals surface area contributed by atoms with Crippen molar-refractivity contribution in [2.45, 2.75) is 0 Å². The number of carboxylic acid groups (broad SMARTS) is 2. The third-order valence-electron chi connectivity index (χ3n) is 3.36. The van der Waals surface area contributed by atoms with Gasteiger partial charge in [0, 0.05) is 15.8 Å². The van der Waals surface area contributed by atoms with E-state index in [-0.39, 0.29) is 10.6 Å². The van der Waals surface area contributed by atoms with E-state index in [1.165, 1.54) is 6.07 Å². The number of carboxylic acids is 2. The molecular weight excluding hydrogens is 352 g/mol. The van der Waals surface area contributed by atoms with Crippen LogP contribution in [-0.4, -0.2) is 28.8 Å². The van der Waals surface area contributed by atoms with Crippen molar-refractivity contribution >= 4 is 45.6 Å². The van der Waals surface area contributed by atoms with Crippen molar-refractivity contribution in [2.75, 3.05) is 6.61 Å². The topological polar surface area (TPSA) is 83.8 Å². The normalized spacial score (nSPS) is 10.7. The van der Waals surface area contributed by atoms with Crippen LogP contribution in [0.15, 0.2) is 42.5 Å². The fraction of sp³-hybridized carbons (Fsp3) is 0.0588. The van der Waals surface area contributed by atoms with Gasteiger partial charge in [0.05, 0.1) is 5.02 Å². The first-order valence-corrected chi connectivity index (χ1v) is 8.06. The molecule has 0 radical (unpaired) electrons. The fourth-order valence-corrected chi connectivity index (χ4v) is 3.53. The maximum Gasteiger partial charge on any atom is 0.345 e. The van der Waals surface area contributed by atoms with Crippen LogP contribution in [0.3, 0.4) is 0 Å². The molecule has 1 aromatic heterocycles. The van der Waals surface area contributed by atoms with Crippen molar-refractivity contribution < 1.29 is 24.5 Å². The van der Waals surface area contributed by atoms with Crippen LogP contribution >= 0.6 is 22.9 Å². The van der Waals surface area contributed by atoms with Crippen LogP contribution in [0, 0.1) is 0 Å². The maximum absolute atomic E-state index is 11.1. The van der Waals surface area contributed by atoms with E-state index in [1.54, 1.807) is 6.07 Å². The Labute approximate surface area is 145 Å². The van der Waals surface area contributed by atoms with Crippen molar-refractivity contribution in [3.63, 3.8) is 0 Å². The molecule has 0 bridgehead atoms. The summed E-state index contributed by atoms with van der Waals surface area (Å²) in [6, 6.07) is 12.3. The van der Waals surface area contributed by atoms with Crippen molar-refractivity contribution in [1.82, 2.24) is 0 Å². The number of fused-ring (bicyclic) bond motifs is 1. The second kappa shape index (κ2) is 6.51. The summed E-state index contributed by atoms with van der Waals surface area (Å²) in [7, 11) is 0. The fourth-order valence-electron chi connectivity index (χ4n) is 2.34. The van der Waals surface area contributed by atoms with Gasteiger partial charge in [-0.25, -0.2) is 9.59 Å². The molecule has 5 nitrogen and oxygen atoms in total. The van der Waals surface area contributed by atoms with Gasteiger partial charge in [-0.05, 0) is 23.6 Å². The zero-order valence-corrected chi connectivity index (χ0v) is 13.7. The van der Waals surface area contributed by atoms with E-state index < -0.39 is 18.5 Å². The minimum absolute atomic E-state index is 0.179. The molecule has 0 fully saturated rings. The first kappa shape index (κ1) is 16.3. The Hall–Kier alpha value is -2.57. The molecule has 0 unspecified atom stereocenters. The van der Waals surface area contributed by atoms with E-state index in [0.29, 0.717) is 15.5 Å². The summed E-state index contributed by atoms with van der Waals surface area (Å²) in [5, 5.41) is 19.9. The van der Waals surface area contributed by atoms with E-state index in [1.807, 2.05) is 30.3 Å². The number of aromatic carboxylic acids is 1. The summed E-state index contributed by atoms with van der Waals surface area (Å²) in [6.07, 6.45) is 0. The lowest BCUT2D eigenvalue weighted by atomic mass is 10.0. The summed E-state index contributed by atoms with van der Waals surface area (Å²) in [4.78, 5) is 22.8. The van der Waals surface area contributed by atoms with Crippen LogP contribution in [-0.2, 0) is 4.79 Å². The highest BCUT2D eigenvalue weighted by Crippen LogP contribution is 2.43. The highest BCUT2D eigenvalue weighted by atomic mass is 35.5. The van der Waals surface area contributed by atoms with E-state index in [4.69, 9.17) is 26.6 Å². The third kappa shape index (κ3) is 3.06. The second-order valence-corrected chi connectivity index (χ2v) is 6.40.